The molecule has 0 atom stereocenters. The van der Waals surface area contributed by atoms with Gasteiger partial charge in [0, 0.05) is 18.5 Å². The van der Waals surface area contributed by atoms with Crippen molar-refractivity contribution >= 4 is 15.8 Å². The molecule has 3 N–H and O–H groups in total. The number of sulfonamides is 1. The monoisotopic (exact) mass is 213 g/mol. The summed E-state index contributed by atoms with van der Waals surface area (Å²) in [7, 11) is -3.61. The van der Waals surface area contributed by atoms with Crippen LogP contribution in [0, 0.1) is 0 Å². The highest BCUT2D eigenvalue weighted by Crippen LogP contribution is 2.09. The minimum Gasteiger partial charge on any atom is -0.284 e. The first-order valence-corrected chi connectivity index (χ1v) is 5.19. The molecule has 7 nitrogen and oxygen atoms in total. The third-order valence-corrected chi connectivity index (χ3v) is 2.75. The van der Waals surface area contributed by atoms with Gasteiger partial charge in [-0.05, 0) is 6.07 Å². The van der Waals surface area contributed by atoms with Crippen molar-refractivity contribution in [3.63, 3.8) is 0 Å². The van der Waals surface area contributed by atoms with Crippen molar-refractivity contribution in [1.29, 1.82) is 0 Å². The third-order valence-electron chi connectivity index (χ3n) is 1.49. The van der Waals surface area contributed by atoms with Gasteiger partial charge in [-0.2, -0.15) is 18.6 Å². The number of anilines is 1. The average molecular weight is 213 g/mol. The Labute approximate surface area is 79.6 Å². The number of hydrogen-bond acceptors (Lipinski definition) is 4. The molecule has 0 aliphatic heterocycles. The normalized spacial score (nSPS) is 11.4. The summed E-state index contributed by atoms with van der Waals surface area (Å²) in [6, 6.07) is 2.86. The van der Waals surface area contributed by atoms with Crippen LogP contribution in [0.1, 0.15) is 0 Å². The van der Waals surface area contributed by atoms with E-state index in [0.29, 0.717) is 0 Å². The van der Waals surface area contributed by atoms with Crippen molar-refractivity contribution in [1.82, 2.24) is 20.4 Å². The molecule has 0 amide bonds. The predicted molar refractivity (Wildman–Crippen MR) is 48.0 cm³/mol. The number of aromatic amines is 2. The lowest BCUT2D eigenvalue weighted by Crippen LogP contribution is -2.13. The zero-order valence-corrected chi connectivity index (χ0v) is 7.75. The fourth-order valence-corrected chi connectivity index (χ4v) is 1.82. The van der Waals surface area contributed by atoms with Crippen LogP contribution in [0.5, 0.6) is 0 Å². The third kappa shape index (κ3) is 1.59. The average Bonchev–Trinajstić information content (AvgIpc) is 2.71. The standard InChI is InChI=1S/C6H7N5O2S/c12-14(13,6-2-4-8-10-6)11-5-1-3-7-9-5/h1-4H,(H,8,10)(H2,7,9,11). The lowest BCUT2D eigenvalue weighted by Gasteiger charge is -2.00. The van der Waals surface area contributed by atoms with Crippen LogP contribution < -0.4 is 4.72 Å². The van der Waals surface area contributed by atoms with Gasteiger partial charge in [0.15, 0.2) is 10.8 Å². The Kier molecular flexibility index (Phi) is 1.97. The van der Waals surface area contributed by atoms with Crippen LogP contribution in [0.2, 0.25) is 0 Å². The smallest absolute Gasteiger partial charge is 0.282 e. The molecule has 0 aromatic carbocycles. The fourth-order valence-electron chi connectivity index (χ4n) is 0.903. The summed E-state index contributed by atoms with van der Waals surface area (Å²) in [6.07, 6.45) is 2.95. The lowest BCUT2D eigenvalue weighted by molar-refractivity contribution is 0.597. The highest BCUT2D eigenvalue weighted by Gasteiger charge is 2.16. The van der Waals surface area contributed by atoms with Gasteiger partial charge < -0.3 is 0 Å². The molecule has 0 bridgehead atoms. The Hall–Kier alpha value is -1.83. The molecule has 0 radical (unpaired) electrons. The van der Waals surface area contributed by atoms with Gasteiger partial charge in [0.25, 0.3) is 10.0 Å². The highest BCUT2D eigenvalue weighted by molar-refractivity contribution is 7.92. The highest BCUT2D eigenvalue weighted by atomic mass is 32.2. The Morgan fingerprint density at radius 1 is 1.14 bits per heavy atom. The van der Waals surface area contributed by atoms with Gasteiger partial charge in [0.05, 0.1) is 0 Å². The van der Waals surface area contributed by atoms with Gasteiger partial charge in [-0.15, -0.1) is 0 Å². The van der Waals surface area contributed by atoms with Gasteiger partial charge in [0.2, 0.25) is 0 Å². The van der Waals surface area contributed by atoms with Crippen LogP contribution in [0.25, 0.3) is 0 Å². The summed E-state index contributed by atoms with van der Waals surface area (Å²) >= 11 is 0. The van der Waals surface area contributed by atoms with Crippen LogP contribution in [0.15, 0.2) is 29.6 Å². The minimum absolute atomic E-state index is 0.0690. The van der Waals surface area contributed by atoms with Gasteiger partial charge in [0.1, 0.15) is 0 Å². The summed E-state index contributed by atoms with van der Waals surface area (Å²) in [5.41, 5.74) is 0. The second kappa shape index (κ2) is 3.14. The van der Waals surface area contributed by atoms with Crippen LogP contribution in [-0.4, -0.2) is 28.8 Å². The van der Waals surface area contributed by atoms with E-state index >= 15 is 0 Å². The summed E-state index contributed by atoms with van der Waals surface area (Å²) in [6.45, 7) is 0. The van der Waals surface area contributed by atoms with Gasteiger partial charge in [-0.1, -0.05) is 0 Å². The first kappa shape index (κ1) is 8.75. The Bertz CT molecular complexity index is 486. The van der Waals surface area contributed by atoms with E-state index in [1.54, 1.807) is 0 Å². The molecule has 0 aliphatic rings. The molecule has 2 heterocycles. The zero-order chi connectivity index (χ0) is 10.0. The van der Waals surface area contributed by atoms with Crippen LogP contribution in [0.4, 0.5) is 5.82 Å². The topological polar surface area (TPSA) is 104 Å². The maximum Gasteiger partial charge on any atom is 0.282 e. The maximum absolute atomic E-state index is 11.5. The molecule has 8 heteroatoms. The first-order chi connectivity index (χ1) is 6.68. The predicted octanol–water partition coefficient (Wildman–Crippen LogP) is -0.0664. The molecule has 2 aromatic rings. The Morgan fingerprint density at radius 3 is 2.43 bits per heavy atom. The Balaban J connectivity index is 2.27. The second-order valence-electron chi connectivity index (χ2n) is 2.48. The first-order valence-electron chi connectivity index (χ1n) is 3.71. The molecule has 2 aromatic heterocycles. The van der Waals surface area contributed by atoms with Crippen molar-refractivity contribution in [2.45, 2.75) is 5.03 Å². The maximum atomic E-state index is 11.5. The number of nitrogens with one attached hydrogen (secondary N) is 3. The molecular weight excluding hydrogens is 206 g/mol. The van der Waals surface area contributed by atoms with Gasteiger partial charge in [-0.3, -0.25) is 14.9 Å². The van der Waals surface area contributed by atoms with Crippen LogP contribution in [-0.2, 0) is 10.0 Å². The summed E-state index contributed by atoms with van der Waals surface area (Å²) < 4.78 is 25.3. The number of H-pyrrole nitrogens is 2. The molecule has 0 saturated heterocycles. The molecule has 0 spiro atoms. The van der Waals surface area contributed by atoms with E-state index in [-0.39, 0.29) is 10.8 Å². The quantitative estimate of drug-likeness (QED) is 0.664. The molecule has 0 fully saturated rings. The molecule has 74 valence electrons. The van der Waals surface area contributed by atoms with E-state index in [1.807, 2.05) is 0 Å². The number of nitrogens with zero attached hydrogens (tertiary/aromatic N) is 2. The fraction of sp³-hybridized carbons (Fsp3) is 0. The number of hydrogen-bond donors (Lipinski definition) is 3. The summed E-state index contributed by atoms with van der Waals surface area (Å²) in [4.78, 5) is 0. The van der Waals surface area contributed by atoms with E-state index in [4.69, 9.17) is 0 Å². The van der Waals surface area contributed by atoms with E-state index < -0.39 is 10.0 Å². The van der Waals surface area contributed by atoms with Crippen molar-refractivity contribution in [3.8, 4) is 0 Å². The van der Waals surface area contributed by atoms with Gasteiger partial charge in [-0.25, -0.2) is 0 Å². The molecule has 2 rings (SSSR count). The van der Waals surface area contributed by atoms with Crippen molar-refractivity contribution in [2.75, 3.05) is 4.72 Å². The van der Waals surface area contributed by atoms with Gasteiger partial charge >= 0.3 is 0 Å². The Morgan fingerprint density at radius 2 is 1.86 bits per heavy atom. The molecule has 0 saturated carbocycles. The van der Waals surface area contributed by atoms with E-state index in [9.17, 15) is 8.42 Å². The van der Waals surface area contributed by atoms with Crippen LogP contribution >= 0.6 is 0 Å². The molecule has 14 heavy (non-hydrogen) atoms. The second-order valence-corrected chi connectivity index (χ2v) is 4.11. The SMILES string of the molecule is O=S(=O)(Nc1cc[nH]n1)c1cc[nH]n1. The summed E-state index contributed by atoms with van der Waals surface area (Å²) in [5, 5.41) is 12.1. The minimum atomic E-state index is -3.61. The van der Waals surface area contributed by atoms with E-state index in [1.165, 1.54) is 24.5 Å². The largest absolute Gasteiger partial charge is 0.284 e. The summed E-state index contributed by atoms with van der Waals surface area (Å²) in [5.74, 6) is 0.230. The van der Waals surface area contributed by atoms with E-state index in [0.717, 1.165) is 0 Å². The zero-order valence-electron chi connectivity index (χ0n) is 6.93. The van der Waals surface area contributed by atoms with Crippen molar-refractivity contribution < 1.29 is 8.42 Å². The molecule has 0 unspecified atom stereocenters. The number of aromatic nitrogens is 4. The molecular formula is C6H7N5O2S. The van der Waals surface area contributed by atoms with Crippen LogP contribution in [0.3, 0.4) is 0 Å². The lowest BCUT2D eigenvalue weighted by atomic mass is 10.7. The van der Waals surface area contributed by atoms with Crippen molar-refractivity contribution in [3.05, 3.63) is 24.5 Å². The van der Waals surface area contributed by atoms with E-state index in [2.05, 4.69) is 25.1 Å². The van der Waals surface area contributed by atoms with Crippen molar-refractivity contribution in [2.24, 2.45) is 0 Å². The molecule has 0 aliphatic carbocycles. The number of rotatable bonds is 3.